The van der Waals surface area contributed by atoms with Gasteiger partial charge < -0.3 is 20.3 Å². The van der Waals surface area contributed by atoms with Crippen LogP contribution in [0.15, 0.2) is 4.99 Å². The first-order valence-electron chi connectivity index (χ1n) is 8.06. The smallest absolute Gasteiger partial charge is 0.191 e. The zero-order valence-electron chi connectivity index (χ0n) is 13.4. The van der Waals surface area contributed by atoms with Gasteiger partial charge in [-0.25, -0.2) is 0 Å². The van der Waals surface area contributed by atoms with Crippen LogP contribution in [-0.2, 0) is 4.74 Å². The zero-order valence-corrected chi connectivity index (χ0v) is 15.8. The first-order valence-corrected chi connectivity index (χ1v) is 8.06. The Labute approximate surface area is 146 Å². The van der Waals surface area contributed by atoms with Crippen LogP contribution < -0.4 is 10.6 Å². The van der Waals surface area contributed by atoms with Crippen LogP contribution in [0.1, 0.15) is 32.6 Å². The van der Waals surface area contributed by atoms with E-state index in [1.165, 1.54) is 38.9 Å². The molecule has 0 bridgehead atoms. The molecule has 2 atom stereocenters. The number of rotatable bonds is 6. The molecule has 5 nitrogen and oxygen atoms in total. The topological polar surface area (TPSA) is 48.9 Å². The van der Waals surface area contributed by atoms with Crippen molar-refractivity contribution in [3.05, 3.63) is 0 Å². The molecule has 2 unspecified atom stereocenters. The van der Waals surface area contributed by atoms with E-state index in [1.807, 2.05) is 7.05 Å². The van der Waals surface area contributed by atoms with Gasteiger partial charge in [-0.05, 0) is 44.7 Å². The Kier molecular flexibility index (Phi) is 9.59. The van der Waals surface area contributed by atoms with Crippen LogP contribution >= 0.6 is 24.0 Å². The van der Waals surface area contributed by atoms with Crippen LogP contribution in [0, 0.1) is 5.92 Å². The molecule has 21 heavy (non-hydrogen) atoms. The molecule has 2 saturated heterocycles. The molecule has 0 aliphatic carbocycles. The molecular formula is C15H31IN4O. The Bertz CT molecular complexity index is 302. The third-order valence-corrected chi connectivity index (χ3v) is 4.13. The first kappa shape index (κ1) is 19.0. The van der Waals surface area contributed by atoms with E-state index in [1.54, 1.807) is 0 Å². The molecule has 0 radical (unpaired) electrons. The second kappa shape index (κ2) is 10.6. The fourth-order valence-corrected chi connectivity index (χ4v) is 2.98. The van der Waals surface area contributed by atoms with Crippen LogP contribution in [0.2, 0.25) is 0 Å². The van der Waals surface area contributed by atoms with Gasteiger partial charge >= 0.3 is 0 Å². The van der Waals surface area contributed by atoms with Crippen molar-refractivity contribution in [1.29, 1.82) is 0 Å². The van der Waals surface area contributed by atoms with E-state index in [-0.39, 0.29) is 24.0 Å². The second-order valence-electron chi connectivity index (χ2n) is 6.08. The van der Waals surface area contributed by atoms with Crippen molar-refractivity contribution in [2.45, 2.75) is 38.7 Å². The molecule has 2 rings (SSSR count). The SMILES string of the molecule is CN=C(NCC(C)CN1CCCC1)NCC1CCCO1.I. The summed E-state index contributed by atoms with van der Waals surface area (Å²) in [5, 5.41) is 6.78. The Hall–Kier alpha value is -0.0800. The summed E-state index contributed by atoms with van der Waals surface area (Å²) in [4.78, 5) is 6.84. The number of aliphatic imine (C=N–C) groups is 1. The standard InChI is InChI=1S/C15H30N4O.HI/c1-13(12-19-7-3-4-8-19)10-17-15(16-2)18-11-14-6-5-9-20-14;/h13-14H,3-12H2,1-2H3,(H2,16,17,18);1H. The maximum atomic E-state index is 5.61. The predicted molar refractivity (Wildman–Crippen MR) is 98.6 cm³/mol. The summed E-state index contributed by atoms with van der Waals surface area (Å²) in [6, 6.07) is 0. The molecule has 2 aliphatic rings. The maximum Gasteiger partial charge on any atom is 0.191 e. The highest BCUT2D eigenvalue weighted by atomic mass is 127. The minimum absolute atomic E-state index is 0. The molecule has 6 heteroatoms. The molecule has 0 aromatic carbocycles. The quantitative estimate of drug-likeness (QED) is 0.398. The minimum atomic E-state index is 0. The van der Waals surface area contributed by atoms with Crippen LogP contribution in [0.3, 0.4) is 0 Å². The number of guanidine groups is 1. The average molecular weight is 410 g/mol. The minimum Gasteiger partial charge on any atom is -0.376 e. The lowest BCUT2D eigenvalue weighted by Crippen LogP contribution is -2.43. The highest BCUT2D eigenvalue weighted by Crippen LogP contribution is 2.11. The highest BCUT2D eigenvalue weighted by Gasteiger charge is 2.17. The zero-order chi connectivity index (χ0) is 14.2. The first-order chi connectivity index (χ1) is 9.78. The monoisotopic (exact) mass is 410 g/mol. The van der Waals surface area contributed by atoms with Crippen molar-refractivity contribution in [2.75, 3.05) is 46.4 Å². The van der Waals surface area contributed by atoms with E-state index in [0.717, 1.165) is 32.1 Å². The third kappa shape index (κ3) is 7.15. The van der Waals surface area contributed by atoms with Crippen LogP contribution in [-0.4, -0.2) is 63.3 Å². The fraction of sp³-hybridized carbons (Fsp3) is 0.933. The van der Waals surface area contributed by atoms with Crippen molar-refractivity contribution < 1.29 is 4.74 Å². The highest BCUT2D eigenvalue weighted by molar-refractivity contribution is 14.0. The Balaban J connectivity index is 0.00000220. The number of halogens is 1. The van der Waals surface area contributed by atoms with Gasteiger partial charge in [0, 0.05) is 33.3 Å². The number of ether oxygens (including phenoxy) is 1. The van der Waals surface area contributed by atoms with Gasteiger partial charge in [-0.3, -0.25) is 4.99 Å². The van der Waals surface area contributed by atoms with Gasteiger partial charge in [0.1, 0.15) is 0 Å². The molecule has 0 aromatic heterocycles. The molecule has 2 aliphatic heterocycles. The van der Waals surface area contributed by atoms with Gasteiger partial charge in [-0.2, -0.15) is 0 Å². The fourth-order valence-electron chi connectivity index (χ4n) is 2.98. The third-order valence-electron chi connectivity index (χ3n) is 4.13. The molecule has 2 fully saturated rings. The molecule has 2 heterocycles. The second-order valence-corrected chi connectivity index (χ2v) is 6.08. The van der Waals surface area contributed by atoms with Crippen LogP contribution in [0.4, 0.5) is 0 Å². The summed E-state index contributed by atoms with van der Waals surface area (Å²) in [6.45, 7) is 8.79. The van der Waals surface area contributed by atoms with Crippen molar-refractivity contribution >= 4 is 29.9 Å². The van der Waals surface area contributed by atoms with Gasteiger partial charge in [0.2, 0.25) is 0 Å². The molecule has 124 valence electrons. The van der Waals surface area contributed by atoms with E-state index in [2.05, 4.69) is 27.4 Å². The molecule has 0 spiro atoms. The molecular weight excluding hydrogens is 379 g/mol. The number of nitrogens with one attached hydrogen (secondary N) is 2. The van der Waals surface area contributed by atoms with Gasteiger partial charge in [-0.15, -0.1) is 24.0 Å². The summed E-state index contributed by atoms with van der Waals surface area (Å²) < 4.78 is 5.61. The lowest BCUT2D eigenvalue weighted by Gasteiger charge is -2.22. The van der Waals surface area contributed by atoms with Crippen molar-refractivity contribution in [3.8, 4) is 0 Å². The normalized spacial score (nSPS) is 24.7. The maximum absolute atomic E-state index is 5.61. The number of hydrogen-bond acceptors (Lipinski definition) is 3. The number of nitrogens with zero attached hydrogens (tertiary/aromatic N) is 2. The summed E-state index contributed by atoms with van der Waals surface area (Å²) >= 11 is 0. The van der Waals surface area contributed by atoms with Gasteiger partial charge in [0.15, 0.2) is 5.96 Å². The average Bonchev–Trinajstić information content (AvgIpc) is 3.12. The van der Waals surface area contributed by atoms with Crippen molar-refractivity contribution in [3.63, 3.8) is 0 Å². The van der Waals surface area contributed by atoms with Crippen molar-refractivity contribution in [2.24, 2.45) is 10.9 Å². The lowest BCUT2D eigenvalue weighted by atomic mass is 10.1. The predicted octanol–water partition coefficient (Wildman–Crippen LogP) is 1.68. The van der Waals surface area contributed by atoms with Gasteiger partial charge in [0.05, 0.1) is 6.10 Å². The summed E-state index contributed by atoms with van der Waals surface area (Å²) in [5.41, 5.74) is 0. The van der Waals surface area contributed by atoms with Crippen LogP contribution in [0.5, 0.6) is 0 Å². The lowest BCUT2D eigenvalue weighted by molar-refractivity contribution is 0.113. The Morgan fingerprint density at radius 3 is 2.67 bits per heavy atom. The largest absolute Gasteiger partial charge is 0.376 e. The Morgan fingerprint density at radius 2 is 2.05 bits per heavy atom. The van der Waals surface area contributed by atoms with Crippen molar-refractivity contribution in [1.82, 2.24) is 15.5 Å². The van der Waals surface area contributed by atoms with E-state index in [4.69, 9.17) is 4.74 Å². The van der Waals surface area contributed by atoms with E-state index >= 15 is 0 Å². The number of hydrogen-bond donors (Lipinski definition) is 2. The summed E-state index contributed by atoms with van der Waals surface area (Å²) in [6.07, 6.45) is 5.44. The van der Waals surface area contributed by atoms with Gasteiger partial charge in [-0.1, -0.05) is 6.92 Å². The van der Waals surface area contributed by atoms with Crippen LogP contribution in [0.25, 0.3) is 0 Å². The summed E-state index contributed by atoms with van der Waals surface area (Å²) in [5.74, 6) is 1.54. The molecule has 2 N–H and O–H groups in total. The van der Waals surface area contributed by atoms with E-state index in [9.17, 15) is 0 Å². The molecule has 0 saturated carbocycles. The summed E-state index contributed by atoms with van der Waals surface area (Å²) in [7, 11) is 1.83. The molecule has 0 aromatic rings. The Morgan fingerprint density at radius 1 is 1.29 bits per heavy atom. The molecule has 0 amide bonds. The van der Waals surface area contributed by atoms with E-state index < -0.39 is 0 Å². The van der Waals surface area contributed by atoms with Gasteiger partial charge in [0.25, 0.3) is 0 Å². The number of likely N-dealkylation sites (tertiary alicyclic amines) is 1. The van der Waals surface area contributed by atoms with E-state index in [0.29, 0.717) is 12.0 Å².